The summed E-state index contributed by atoms with van der Waals surface area (Å²) in [6.45, 7) is 4.10. The molecule has 0 saturated carbocycles. The van der Waals surface area contributed by atoms with E-state index >= 15 is 0 Å². The third kappa shape index (κ3) is 4.34. The minimum atomic E-state index is -4.25. The number of hydrogen-bond donors (Lipinski definition) is 0. The summed E-state index contributed by atoms with van der Waals surface area (Å²) in [5.74, 6) is 0.323. The molecule has 0 aliphatic heterocycles. The number of alkyl halides is 4. The largest absolute Gasteiger partial charge is 0.416 e. The molecule has 17 heavy (non-hydrogen) atoms. The zero-order valence-corrected chi connectivity index (χ0v) is 11.5. The van der Waals surface area contributed by atoms with Gasteiger partial charge in [0.05, 0.1) is 5.56 Å². The molecule has 1 aromatic rings. The molecule has 0 heterocycles. The Labute approximate surface area is 108 Å². The molecule has 0 N–H and O–H groups in total. The van der Waals surface area contributed by atoms with Crippen LogP contribution in [-0.4, -0.2) is 4.83 Å². The van der Waals surface area contributed by atoms with Crippen LogP contribution in [0.4, 0.5) is 13.2 Å². The van der Waals surface area contributed by atoms with E-state index in [0.29, 0.717) is 17.2 Å². The maximum atomic E-state index is 12.5. The van der Waals surface area contributed by atoms with Gasteiger partial charge in [-0.15, -0.1) is 0 Å². The third-order valence-electron chi connectivity index (χ3n) is 2.82. The van der Waals surface area contributed by atoms with Gasteiger partial charge in [0.1, 0.15) is 0 Å². The first kappa shape index (κ1) is 14.6. The van der Waals surface area contributed by atoms with Crippen molar-refractivity contribution in [2.24, 2.45) is 5.92 Å². The summed E-state index contributed by atoms with van der Waals surface area (Å²) in [7, 11) is 0. The van der Waals surface area contributed by atoms with E-state index in [1.165, 1.54) is 12.1 Å². The lowest BCUT2D eigenvalue weighted by Crippen LogP contribution is -2.13. The van der Waals surface area contributed by atoms with Crippen molar-refractivity contribution in [2.75, 3.05) is 0 Å². The van der Waals surface area contributed by atoms with Crippen molar-refractivity contribution in [1.82, 2.24) is 0 Å². The fourth-order valence-corrected chi connectivity index (χ4v) is 1.96. The Hall–Kier alpha value is -0.510. The van der Waals surface area contributed by atoms with Crippen LogP contribution >= 0.6 is 15.9 Å². The first-order chi connectivity index (χ1) is 7.84. The first-order valence-electron chi connectivity index (χ1n) is 5.64. The van der Waals surface area contributed by atoms with E-state index in [1.54, 1.807) is 6.07 Å². The first-order valence-corrected chi connectivity index (χ1v) is 6.56. The molecule has 0 aliphatic carbocycles. The highest BCUT2D eigenvalue weighted by Gasteiger charge is 2.30. The minimum absolute atomic E-state index is 0.323. The van der Waals surface area contributed by atoms with E-state index in [1.807, 2.05) is 6.92 Å². The molecule has 0 radical (unpaired) electrons. The Balaban J connectivity index is 2.79. The smallest absolute Gasteiger partial charge is 0.166 e. The average Bonchev–Trinajstić information content (AvgIpc) is 2.27. The Bertz CT molecular complexity index is 360. The molecule has 4 heteroatoms. The van der Waals surface area contributed by atoms with Crippen molar-refractivity contribution >= 4 is 15.9 Å². The third-order valence-corrected chi connectivity index (χ3v) is 4.37. The van der Waals surface area contributed by atoms with Gasteiger partial charge in [0.15, 0.2) is 0 Å². The summed E-state index contributed by atoms with van der Waals surface area (Å²) in [5, 5.41) is 0. The van der Waals surface area contributed by atoms with E-state index in [0.717, 1.165) is 18.1 Å². The molecule has 2 atom stereocenters. The van der Waals surface area contributed by atoms with Gasteiger partial charge < -0.3 is 0 Å². The molecule has 0 amide bonds. The van der Waals surface area contributed by atoms with Crippen LogP contribution in [0.25, 0.3) is 0 Å². The minimum Gasteiger partial charge on any atom is -0.166 e. The highest BCUT2D eigenvalue weighted by Crippen LogP contribution is 2.30. The van der Waals surface area contributed by atoms with Gasteiger partial charge in [-0.3, -0.25) is 0 Å². The van der Waals surface area contributed by atoms with Crippen LogP contribution in [0.1, 0.15) is 31.4 Å². The van der Waals surface area contributed by atoms with Crippen LogP contribution in [0.2, 0.25) is 0 Å². The molecular formula is C13H16BrF3. The second-order valence-electron chi connectivity index (χ2n) is 4.30. The number of hydrogen-bond acceptors (Lipinski definition) is 0. The molecule has 0 fully saturated rings. The second kappa shape index (κ2) is 5.89. The van der Waals surface area contributed by atoms with E-state index in [4.69, 9.17) is 0 Å². The molecular weight excluding hydrogens is 293 g/mol. The average molecular weight is 309 g/mol. The SMILES string of the molecule is CCC(Br)C(C)Cc1cccc(C(F)(F)F)c1. The molecule has 0 aliphatic rings. The van der Waals surface area contributed by atoms with Gasteiger partial charge in [0.25, 0.3) is 0 Å². The lowest BCUT2D eigenvalue weighted by atomic mass is 9.96. The second-order valence-corrected chi connectivity index (χ2v) is 5.48. The molecule has 96 valence electrons. The van der Waals surface area contributed by atoms with E-state index in [2.05, 4.69) is 22.9 Å². The van der Waals surface area contributed by atoms with Gasteiger partial charge in [-0.25, -0.2) is 0 Å². The molecule has 0 spiro atoms. The predicted octanol–water partition coefficient (Wildman–Crippen LogP) is 5.06. The summed E-state index contributed by atoms with van der Waals surface area (Å²) in [5.41, 5.74) is 0.176. The van der Waals surface area contributed by atoms with Crippen LogP contribution in [0.5, 0.6) is 0 Å². The van der Waals surface area contributed by atoms with E-state index in [9.17, 15) is 13.2 Å². The van der Waals surface area contributed by atoms with Gasteiger partial charge in [-0.05, 0) is 30.4 Å². The highest BCUT2D eigenvalue weighted by molar-refractivity contribution is 9.09. The summed E-state index contributed by atoms with van der Waals surface area (Å²) >= 11 is 3.54. The Morgan fingerprint density at radius 3 is 2.47 bits per heavy atom. The molecule has 0 aromatic heterocycles. The van der Waals surface area contributed by atoms with Crippen molar-refractivity contribution in [3.8, 4) is 0 Å². The zero-order valence-electron chi connectivity index (χ0n) is 9.89. The van der Waals surface area contributed by atoms with Crippen molar-refractivity contribution in [3.05, 3.63) is 35.4 Å². The summed E-state index contributed by atoms with van der Waals surface area (Å²) in [6, 6.07) is 5.58. The van der Waals surface area contributed by atoms with Gasteiger partial charge in [0.2, 0.25) is 0 Å². The van der Waals surface area contributed by atoms with Gasteiger partial charge >= 0.3 is 6.18 Å². The van der Waals surface area contributed by atoms with Gasteiger partial charge in [-0.2, -0.15) is 13.2 Å². The van der Waals surface area contributed by atoms with Crippen molar-refractivity contribution in [2.45, 2.75) is 37.7 Å². The molecule has 1 rings (SSSR count). The normalized spacial score (nSPS) is 15.6. The van der Waals surface area contributed by atoms with Crippen molar-refractivity contribution in [1.29, 1.82) is 0 Å². The Morgan fingerprint density at radius 2 is 1.94 bits per heavy atom. The molecule has 0 nitrogen and oxygen atoms in total. The van der Waals surface area contributed by atoms with Crippen LogP contribution in [0.3, 0.4) is 0 Å². The monoisotopic (exact) mass is 308 g/mol. The van der Waals surface area contributed by atoms with Crippen LogP contribution in [0.15, 0.2) is 24.3 Å². The predicted molar refractivity (Wildman–Crippen MR) is 67.3 cm³/mol. The van der Waals surface area contributed by atoms with Crippen LogP contribution in [-0.2, 0) is 12.6 Å². The maximum absolute atomic E-state index is 12.5. The zero-order chi connectivity index (χ0) is 13.1. The fraction of sp³-hybridized carbons (Fsp3) is 0.538. The summed E-state index contributed by atoms with van der Waals surface area (Å²) in [6.07, 6.45) is -2.62. The maximum Gasteiger partial charge on any atom is 0.416 e. The lowest BCUT2D eigenvalue weighted by Gasteiger charge is -2.17. The molecule has 1 aromatic carbocycles. The van der Waals surface area contributed by atoms with E-state index < -0.39 is 11.7 Å². The van der Waals surface area contributed by atoms with Gasteiger partial charge in [-0.1, -0.05) is 48.0 Å². The quantitative estimate of drug-likeness (QED) is 0.682. The lowest BCUT2D eigenvalue weighted by molar-refractivity contribution is -0.137. The Kier molecular flexibility index (Phi) is 5.04. The highest BCUT2D eigenvalue weighted by atomic mass is 79.9. The molecule has 2 unspecified atom stereocenters. The van der Waals surface area contributed by atoms with Crippen LogP contribution in [0, 0.1) is 5.92 Å². The Morgan fingerprint density at radius 1 is 1.29 bits per heavy atom. The topological polar surface area (TPSA) is 0 Å². The summed E-state index contributed by atoms with van der Waals surface area (Å²) in [4.78, 5) is 0.344. The number of benzene rings is 1. The standard InChI is InChI=1S/C13H16BrF3/c1-3-12(14)9(2)7-10-5-4-6-11(8-10)13(15,16)17/h4-6,8-9,12H,3,7H2,1-2H3. The number of rotatable bonds is 4. The molecule has 0 bridgehead atoms. The van der Waals surface area contributed by atoms with E-state index in [-0.39, 0.29) is 0 Å². The van der Waals surface area contributed by atoms with Gasteiger partial charge in [0, 0.05) is 4.83 Å². The molecule has 0 saturated heterocycles. The van der Waals surface area contributed by atoms with Crippen molar-refractivity contribution < 1.29 is 13.2 Å². The summed E-state index contributed by atoms with van der Waals surface area (Å²) < 4.78 is 37.6. The van der Waals surface area contributed by atoms with Crippen LogP contribution < -0.4 is 0 Å². The fourth-order valence-electron chi connectivity index (χ4n) is 1.78. The van der Waals surface area contributed by atoms with Crippen molar-refractivity contribution in [3.63, 3.8) is 0 Å². The number of halogens is 4.